The first-order chi connectivity index (χ1) is 20.2. The van der Waals surface area contributed by atoms with Crippen molar-refractivity contribution in [1.82, 2.24) is 10.2 Å². The molecule has 0 aliphatic rings. The van der Waals surface area contributed by atoms with Crippen molar-refractivity contribution in [2.75, 3.05) is 17.4 Å². The maximum absolute atomic E-state index is 14.3. The van der Waals surface area contributed by atoms with Gasteiger partial charge in [-0.25, -0.2) is 8.42 Å². The molecule has 0 unspecified atom stereocenters. The molecule has 42 heavy (non-hydrogen) atoms. The molecule has 0 heterocycles. The van der Waals surface area contributed by atoms with Crippen LogP contribution < -0.4 is 9.62 Å². The molecule has 4 aromatic rings. The van der Waals surface area contributed by atoms with Crippen molar-refractivity contribution < 1.29 is 18.0 Å². The second-order valence-corrected chi connectivity index (χ2v) is 12.1. The minimum atomic E-state index is -4.17. The predicted octanol–water partition coefficient (Wildman–Crippen LogP) is 5.62. The van der Waals surface area contributed by atoms with Crippen molar-refractivity contribution >= 4 is 39.1 Å². The van der Waals surface area contributed by atoms with Crippen LogP contribution in [0.4, 0.5) is 5.69 Å². The van der Waals surface area contributed by atoms with Crippen LogP contribution >= 0.6 is 11.6 Å². The summed E-state index contributed by atoms with van der Waals surface area (Å²) in [5, 5.41) is 3.23. The summed E-state index contributed by atoms with van der Waals surface area (Å²) < 4.78 is 29.0. The molecule has 0 saturated carbocycles. The van der Waals surface area contributed by atoms with Crippen molar-refractivity contribution in [3.8, 4) is 0 Å². The van der Waals surface area contributed by atoms with E-state index in [1.807, 2.05) is 74.5 Å². The Labute approximate surface area is 252 Å². The number of nitrogens with one attached hydrogen (secondary N) is 1. The summed E-state index contributed by atoms with van der Waals surface area (Å²) in [6, 6.07) is 30.7. The summed E-state index contributed by atoms with van der Waals surface area (Å²) in [5.41, 5.74) is 2.71. The Balaban J connectivity index is 1.79. The van der Waals surface area contributed by atoms with E-state index < -0.39 is 28.5 Å². The number of hydrogen-bond donors (Lipinski definition) is 1. The van der Waals surface area contributed by atoms with Crippen LogP contribution in [-0.2, 0) is 32.6 Å². The molecule has 0 aliphatic heterocycles. The van der Waals surface area contributed by atoms with Crippen LogP contribution in [0.3, 0.4) is 0 Å². The van der Waals surface area contributed by atoms with Crippen molar-refractivity contribution in [3.05, 3.63) is 131 Å². The Kier molecular flexibility index (Phi) is 10.4. The number of amides is 2. The van der Waals surface area contributed by atoms with Crippen LogP contribution in [0, 0.1) is 6.92 Å². The number of carbonyl (C=O) groups excluding carboxylic acids is 2. The highest BCUT2D eigenvalue weighted by atomic mass is 35.5. The number of rotatable bonds is 12. The summed E-state index contributed by atoms with van der Waals surface area (Å²) in [5.74, 6) is -0.844. The maximum atomic E-state index is 14.3. The topological polar surface area (TPSA) is 86.8 Å². The zero-order chi connectivity index (χ0) is 30.1. The lowest BCUT2D eigenvalue weighted by Crippen LogP contribution is -2.53. The first-order valence-corrected chi connectivity index (χ1v) is 15.5. The molecular weight excluding hydrogens is 570 g/mol. The number of hydrogen-bond acceptors (Lipinski definition) is 4. The third-order valence-electron chi connectivity index (χ3n) is 6.87. The highest BCUT2D eigenvalue weighted by Crippen LogP contribution is 2.28. The molecular formula is C33H34ClN3O4S. The van der Waals surface area contributed by atoms with E-state index in [1.165, 1.54) is 23.1 Å². The Hall–Kier alpha value is -4.14. The largest absolute Gasteiger partial charge is 0.355 e. The fraction of sp³-hybridized carbons (Fsp3) is 0.212. The van der Waals surface area contributed by atoms with Gasteiger partial charge in [0.2, 0.25) is 11.8 Å². The Morgan fingerprint density at radius 1 is 0.833 bits per heavy atom. The molecule has 2 amide bonds. The molecule has 0 saturated heterocycles. The average Bonchev–Trinajstić information content (AvgIpc) is 3.00. The number of halogens is 1. The lowest BCUT2D eigenvalue weighted by molar-refractivity contribution is -0.140. The van der Waals surface area contributed by atoms with Crippen molar-refractivity contribution in [3.63, 3.8) is 0 Å². The Morgan fingerprint density at radius 3 is 1.98 bits per heavy atom. The molecule has 218 valence electrons. The van der Waals surface area contributed by atoms with E-state index in [4.69, 9.17) is 11.6 Å². The van der Waals surface area contributed by atoms with Crippen LogP contribution in [0.5, 0.6) is 0 Å². The fourth-order valence-electron chi connectivity index (χ4n) is 4.61. The van der Waals surface area contributed by atoms with Crippen molar-refractivity contribution in [2.24, 2.45) is 0 Å². The van der Waals surface area contributed by atoms with Gasteiger partial charge in [-0.1, -0.05) is 96.5 Å². The van der Waals surface area contributed by atoms with Crippen LogP contribution in [0.1, 0.15) is 23.6 Å². The van der Waals surface area contributed by atoms with Gasteiger partial charge < -0.3 is 10.2 Å². The van der Waals surface area contributed by atoms with Gasteiger partial charge in [0, 0.05) is 24.5 Å². The number of sulfonamides is 1. The van der Waals surface area contributed by atoms with Crippen LogP contribution in [0.25, 0.3) is 0 Å². The highest BCUT2D eigenvalue weighted by molar-refractivity contribution is 7.92. The van der Waals surface area contributed by atoms with Gasteiger partial charge in [-0.2, -0.15) is 0 Å². The molecule has 7 nitrogen and oxygen atoms in total. The van der Waals surface area contributed by atoms with Crippen LogP contribution in [0.2, 0.25) is 5.02 Å². The molecule has 0 radical (unpaired) electrons. The predicted molar refractivity (Wildman–Crippen MR) is 167 cm³/mol. The number of carbonyl (C=O) groups is 2. The first-order valence-electron chi connectivity index (χ1n) is 13.7. The van der Waals surface area contributed by atoms with Gasteiger partial charge in [0.15, 0.2) is 0 Å². The number of benzene rings is 4. The number of likely N-dealkylation sites (N-methyl/N-ethyl adjacent to an activating group) is 1. The first kappa shape index (κ1) is 30.8. The standard InChI is InChI=1S/C33H34ClN3O4S/c1-3-35-33(39)31(21-26-13-7-4-8-14-26)36(23-27-15-9-5-10-16-27)32(38)24-37(28-20-19-25(2)30(34)22-28)42(40,41)29-17-11-6-12-18-29/h4-20,22,31H,3,21,23-24H2,1-2H3,(H,35,39)/t31-/m0/s1. The molecule has 0 aromatic heterocycles. The Bertz CT molecular complexity index is 1600. The third-order valence-corrected chi connectivity index (χ3v) is 9.07. The number of aryl methyl sites for hydroxylation is 1. The van der Waals surface area contributed by atoms with E-state index >= 15 is 0 Å². The average molecular weight is 604 g/mol. The van der Waals surface area contributed by atoms with E-state index in [-0.39, 0.29) is 29.5 Å². The van der Waals surface area contributed by atoms with Gasteiger partial charge in [0.1, 0.15) is 12.6 Å². The lowest BCUT2D eigenvalue weighted by Gasteiger charge is -2.34. The minimum absolute atomic E-state index is 0.0358. The SMILES string of the molecule is CCNC(=O)[C@H](Cc1ccccc1)N(Cc1ccccc1)C(=O)CN(c1ccc(C)c(Cl)c1)S(=O)(=O)c1ccccc1. The van der Waals surface area contributed by atoms with E-state index in [2.05, 4.69) is 5.32 Å². The molecule has 1 atom stereocenters. The summed E-state index contributed by atoms with van der Waals surface area (Å²) in [4.78, 5) is 29.3. The summed E-state index contributed by atoms with van der Waals surface area (Å²) in [6.45, 7) is 3.59. The lowest BCUT2D eigenvalue weighted by atomic mass is 10.0. The van der Waals surface area contributed by atoms with Gasteiger partial charge in [-0.3, -0.25) is 13.9 Å². The highest BCUT2D eigenvalue weighted by Gasteiger charge is 2.34. The zero-order valence-electron chi connectivity index (χ0n) is 23.6. The third kappa shape index (κ3) is 7.57. The van der Waals surface area contributed by atoms with Gasteiger partial charge >= 0.3 is 0 Å². The second-order valence-electron chi connectivity index (χ2n) is 9.87. The Morgan fingerprint density at radius 2 is 1.40 bits per heavy atom. The summed E-state index contributed by atoms with van der Waals surface area (Å²) in [7, 11) is -4.17. The molecule has 0 aliphatic carbocycles. The number of anilines is 1. The maximum Gasteiger partial charge on any atom is 0.264 e. The molecule has 0 spiro atoms. The van der Waals surface area contributed by atoms with Crippen LogP contribution in [0.15, 0.2) is 114 Å². The van der Waals surface area contributed by atoms with Crippen LogP contribution in [-0.4, -0.2) is 44.3 Å². The second kappa shape index (κ2) is 14.2. The fourth-order valence-corrected chi connectivity index (χ4v) is 6.21. The molecule has 4 aromatic carbocycles. The van der Waals surface area contributed by atoms with E-state index in [9.17, 15) is 18.0 Å². The van der Waals surface area contributed by atoms with Crippen molar-refractivity contribution in [2.45, 2.75) is 37.8 Å². The molecule has 9 heteroatoms. The monoisotopic (exact) mass is 603 g/mol. The quantitative estimate of drug-likeness (QED) is 0.228. The smallest absolute Gasteiger partial charge is 0.264 e. The van der Waals surface area contributed by atoms with E-state index in [1.54, 1.807) is 30.3 Å². The van der Waals surface area contributed by atoms with E-state index in [0.29, 0.717) is 11.6 Å². The summed E-state index contributed by atoms with van der Waals surface area (Å²) in [6.07, 6.45) is 0.257. The van der Waals surface area contributed by atoms with Gasteiger partial charge in [0.05, 0.1) is 10.6 Å². The van der Waals surface area contributed by atoms with Crippen molar-refractivity contribution in [1.29, 1.82) is 0 Å². The van der Waals surface area contributed by atoms with E-state index in [0.717, 1.165) is 21.0 Å². The molecule has 0 fully saturated rings. The molecule has 0 bridgehead atoms. The molecule has 4 rings (SSSR count). The van der Waals surface area contributed by atoms with Gasteiger partial charge in [0.25, 0.3) is 10.0 Å². The molecule has 1 N–H and O–H groups in total. The normalized spacial score (nSPS) is 11.9. The minimum Gasteiger partial charge on any atom is -0.355 e. The summed E-state index contributed by atoms with van der Waals surface area (Å²) >= 11 is 6.41. The van der Waals surface area contributed by atoms with Gasteiger partial charge in [-0.05, 0) is 54.8 Å². The zero-order valence-corrected chi connectivity index (χ0v) is 25.2. The number of nitrogens with zero attached hydrogens (tertiary/aromatic N) is 2. The van der Waals surface area contributed by atoms with Gasteiger partial charge in [-0.15, -0.1) is 0 Å².